The second-order valence-corrected chi connectivity index (χ2v) is 4.51. The predicted molar refractivity (Wildman–Crippen MR) is 72.3 cm³/mol. The van der Waals surface area contributed by atoms with Gasteiger partial charge < -0.3 is 5.32 Å². The zero-order valence-corrected chi connectivity index (χ0v) is 11.2. The first-order valence-corrected chi connectivity index (χ1v) is 6.37. The highest BCUT2D eigenvalue weighted by molar-refractivity contribution is 5.22. The Morgan fingerprint density at radius 2 is 2.11 bits per heavy atom. The van der Waals surface area contributed by atoms with Gasteiger partial charge in [0.2, 0.25) is 0 Å². The zero-order chi connectivity index (χ0) is 13.0. The number of nitrogens with zero attached hydrogens (tertiary/aromatic N) is 3. The van der Waals surface area contributed by atoms with Crippen molar-refractivity contribution in [3.63, 3.8) is 0 Å². The molecule has 4 heteroatoms. The van der Waals surface area contributed by atoms with Gasteiger partial charge in [0.1, 0.15) is 0 Å². The van der Waals surface area contributed by atoms with E-state index in [0.717, 1.165) is 30.0 Å². The monoisotopic (exact) mass is 244 g/mol. The number of hydrogen-bond donors (Lipinski definition) is 1. The topological polar surface area (TPSA) is 42.7 Å². The van der Waals surface area contributed by atoms with Gasteiger partial charge in [-0.15, -0.1) is 0 Å². The second kappa shape index (κ2) is 5.78. The number of pyridine rings is 1. The Hall–Kier alpha value is -1.68. The van der Waals surface area contributed by atoms with E-state index in [1.54, 1.807) is 0 Å². The summed E-state index contributed by atoms with van der Waals surface area (Å²) in [5, 5.41) is 7.99. The Kier molecular flexibility index (Phi) is 4.10. The van der Waals surface area contributed by atoms with Gasteiger partial charge in [-0.3, -0.25) is 9.67 Å². The standard InChI is InChI=1S/C14H20N4/c1-4-9-15-14(13-8-10-18(3)17-13)12-7-5-6-11(2)16-12/h5-8,10,14-15H,4,9H2,1-3H3. The van der Waals surface area contributed by atoms with Crippen molar-refractivity contribution in [2.24, 2.45) is 7.05 Å². The van der Waals surface area contributed by atoms with Crippen molar-refractivity contribution >= 4 is 0 Å². The molecule has 1 unspecified atom stereocenters. The molecule has 2 rings (SSSR count). The van der Waals surface area contributed by atoms with Gasteiger partial charge in [0, 0.05) is 18.9 Å². The molecule has 2 aromatic rings. The fourth-order valence-electron chi connectivity index (χ4n) is 1.96. The highest BCUT2D eigenvalue weighted by Crippen LogP contribution is 2.18. The molecule has 0 aromatic carbocycles. The van der Waals surface area contributed by atoms with Crippen LogP contribution in [-0.4, -0.2) is 21.3 Å². The summed E-state index contributed by atoms with van der Waals surface area (Å²) in [4.78, 5) is 4.60. The van der Waals surface area contributed by atoms with Crippen LogP contribution >= 0.6 is 0 Å². The van der Waals surface area contributed by atoms with Crippen LogP contribution in [0.1, 0.15) is 36.5 Å². The third kappa shape index (κ3) is 2.96. The Morgan fingerprint density at radius 3 is 2.72 bits per heavy atom. The quantitative estimate of drug-likeness (QED) is 0.877. The minimum absolute atomic E-state index is 0.0750. The van der Waals surface area contributed by atoms with Crippen molar-refractivity contribution in [1.29, 1.82) is 0 Å². The molecule has 2 heterocycles. The Labute approximate surface area is 108 Å². The molecule has 0 radical (unpaired) electrons. The smallest absolute Gasteiger partial charge is 0.0943 e. The van der Waals surface area contributed by atoms with Crippen molar-refractivity contribution in [3.8, 4) is 0 Å². The predicted octanol–water partition coefficient (Wildman–Crippen LogP) is 2.21. The number of aryl methyl sites for hydroxylation is 2. The molecule has 0 fully saturated rings. The Balaban J connectivity index is 2.30. The van der Waals surface area contributed by atoms with Crippen LogP contribution in [0.25, 0.3) is 0 Å². The first-order valence-electron chi connectivity index (χ1n) is 6.37. The largest absolute Gasteiger partial charge is 0.304 e. The average Bonchev–Trinajstić information content (AvgIpc) is 2.76. The zero-order valence-electron chi connectivity index (χ0n) is 11.2. The van der Waals surface area contributed by atoms with Crippen molar-refractivity contribution in [1.82, 2.24) is 20.1 Å². The van der Waals surface area contributed by atoms with Gasteiger partial charge in [0.15, 0.2) is 0 Å². The van der Waals surface area contributed by atoms with Gasteiger partial charge >= 0.3 is 0 Å². The van der Waals surface area contributed by atoms with Gasteiger partial charge in [0.25, 0.3) is 0 Å². The lowest BCUT2D eigenvalue weighted by Gasteiger charge is -2.16. The molecule has 0 aliphatic rings. The number of hydrogen-bond acceptors (Lipinski definition) is 3. The van der Waals surface area contributed by atoms with Crippen molar-refractivity contribution in [3.05, 3.63) is 47.5 Å². The third-order valence-corrected chi connectivity index (χ3v) is 2.83. The molecule has 1 N–H and O–H groups in total. The molecule has 0 bridgehead atoms. The first-order chi connectivity index (χ1) is 8.70. The molecule has 18 heavy (non-hydrogen) atoms. The van der Waals surface area contributed by atoms with E-state index in [2.05, 4.69) is 28.4 Å². The molecule has 96 valence electrons. The van der Waals surface area contributed by atoms with E-state index in [1.807, 2.05) is 43.0 Å². The molecule has 0 saturated heterocycles. The summed E-state index contributed by atoms with van der Waals surface area (Å²) in [5.74, 6) is 0. The molecule has 0 saturated carbocycles. The van der Waals surface area contributed by atoms with Crippen LogP contribution in [0.15, 0.2) is 30.5 Å². The maximum absolute atomic E-state index is 4.60. The van der Waals surface area contributed by atoms with Crippen LogP contribution in [0.5, 0.6) is 0 Å². The van der Waals surface area contributed by atoms with Gasteiger partial charge in [0.05, 0.1) is 17.4 Å². The number of rotatable bonds is 5. The molecule has 0 spiro atoms. The minimum atomic E-state index is 0.0750. The van der Waals surface area contributed by atoms with Crippen LogP contribution in [0.3, 0.4) is 0 Å². The normalized spacial score (nSPS) is 12.6. The van der Waals surface area contributed by atoms with E-state index in [0.29, 0.717) is 0 Å². The summed E-state index contributed by atoms with van der Waals surface area (Å²) in [7, 11) is 1.93. The van der Waals surface area contributed by atoms with E-state index in [9.17, 15) is 0 Å². The van der Waals surface area contributed by atoms with E-state index in [-0.39, 0.29) is 6.04 Å². The van der Waals surface area contributed by atoms with E-state index in [1.165, 1.54) is 0 Å². The van der Waals surface area contributed by atoms with Crippen molar-refractivity contribution < 1.29 is 0 Å². The summed E-state index contributed by atoms with van der Waals surface area (Å²) in [6, 6.07) is 8.22. The lowest BCUT2D eigenvalue weighted by Crippen LogP contribution is -2.24. The molecule has 0 aliphatic carbocycles. The molecular formula is C14H20N4. The third-order valence-electron chi connectivity index (χ3n) is 2.83. The van der Waals surface area contributed by atoms with E-state index < -0.39 is 0 Å². The molecule has 0 amide bonds. The maximum atomic E-state index is 4.60. The van der Waals surface area contributed by atoms with Gasteiger partial charge in [-0.1, -0.05) is 13.0 Å². The number of nitrogens with one attached hydrogen (secondary N) is 1. The second-order valence-electron chi connectivity index (χ2n) is 4.51. The highest BCUT2D eigenvalue weighted by atomic mass is 15.3. The van der Waals surface area contributed by atoms with Gasteiger partial charge in [-0.05, 0) is 38.1 Å². The van der Waals surface area contributed by atoms with Crippen LogP contribution < -0.4 is 5.32 Å². The van der Waals surface area contributed by atoms with E-state index in [4.69, 9.17) is 0 Å². The average molecular weight is 244 g/mol. The molecule has 2 aromatic heterocycles. The molecule has 0 aliphatic heterocycles. The highest BCUT2D eigenvalue weighted by Gasteiger charge is 2.17. The summed E-state index contributed by atoms with van der Waals surface area (Å²) in [6.45, 7) is 5.13. The van der Waals surface area contributed by atoms with Crippen LogP contribution in [-0.2, 0) is 7.05 Å². The fraction of sp³-hybridized carbons (Fsp3) is 0.429. The SMILES string of the molecule is CCCNC(c1cccc(C)n1)c1ccn(C)n1. The molecule has 1 atom stereocenters. The molecule has 4 nitrogen and oxygen atoms in total. The van der Waals surface area contributed by atoms with E-state index >= 15 is 0 Å². The Bertz CT molecular complexity index is 504. The first kappa shape index (κ1) is 12.8. The van der Waals surface area contributed by atoms with Crippen LogP contribution in [0.2, 0.25) is 0 Å². The van der Waals surface area contributed by atoms with Crippen molar-refractivity contribution in [2.45, 2.75) is 26.3 Å². The van der Waals surface area contributed by atoms with Crippen LogP contribution in [0, 0.1) is 6.92 Å². The number of aromatic nitrogens is 3. The van der Waals surface area contributed by atoms with Gasteiger partial charge in [-0.25, -0.2) is 0 Å². The lowest BCUT2D eigenvalue weighted by atomic mass is 10.1. The van der Waals surface area contributed by atoms with Crippen molar-refractivity contribution in [2.75, 3.05) is 6.54 Å². The lowest BCUT2D eigenvalue weighted by molar-refractivity contribution is 0.564. The summed E-state index contributed by atoms with van der Waals surface area (Å²) in [6.07, 6.45) is 3.06. The van der Waals surface area contributed by atoms with Crippen LogP contribution in [0.4, 0.5) is 0 Å². The minimum Gasteiger partial charge on any atom is -0.304 e. The Morgan fingerprint density at radius 1 is 1.28 bits per heavy atom. The summed E-state index contributed by atoms with van der Waals surface area (Å²) < 4.78 is 1.83. The maximum Gasteiger partial charge on any atom is 0.0943 e. The summed E-state index contributed by atoms with van der Waals surface area (Å²) >= 11 is 0. The molecular weight excluding hydrogens is 224 g/mol. The fourth-order valence-corrected chi connectivity index (χ4v) is 1.96. The summed E-state index contributed by atoms with van der Waals surface area (Å²) in [5.41, 5.74) is 3.08. The van der Waals surface area contributed by atoms with Gasteiger partial charge in [-0.2, -0.15) is 5.10 Å².